The molecule has 0 atom stereocenters. The quantitative estimate of drug-likeness (QED) is 0.242. The number of aliphatic hydroxyl groups is 1. The summed E-state index contributed by atoms with van der Waals surface area (Å²) in [4.78, 5) is 30.8. The van der Waals surface area contributed by atoms with Gasteiger partial charge in [-0.05, 0) is 131 Å². The Morgan fingerprint density at radius 1 is 1.02 bits per heavy atom. The molecule has 5 aliphatic rings. The number of fused-ring (bicyclic) bond motifs is 3. The van der Waals surface area contributed by atoms with Gasteiger partial charge in [-0.15, -0.1) is 0 Å². The van der Waals surface area contributed by atoms with E-state index in [0.717, 1.165) is 61.1 Å². The van der Waals surface area contributed by atoms with Crippen molar-refractivity contribution < 1.29 is 24.2 Å². The summed E-state index contributed by atoms with van der Waals surface area (Å²) in [5, 5.41) is 14.8. The number of hydrogen-bond donors (Lipinski definition) is 1. The highest BCUT2D eigenvalue weighted by Crippen LogP contribution is 2.58. The molecular weight excluding hydrogens is 652 g/mol. The SMILES string of the molecule is COc1ccc(C23CCC(CN(C(=O)C4CCC(OC(=O)N5CC(O)C5)CC4)c4ccc(Cl)c(-c5cnn(C(C)C)c5)c4)(CC2)CC3)cc1C. The Labute approximate surface area is 300 Å². The van der Waals surface area contributed by atoms with Crippen molar-refractivity contribution in [2.45, 2.75) is 109 Å². The fourth-order valence-corrected chi connectivity index (χ4v) is 9.13. The van der Waals surface area contributed by atoms with Crippen molar-refractivity contribution in [1.82, 2.24) is 14.7 Å². The van der Waals surface area contributed by atoms with E-state index in [4.69, 9.17) is 21.1 Å². The van der Waals surface area contributed by atoms with E-state index >= 15 is 0 Å². The number of hydrogen-bond acceptors (Lipinski definition) is 6. The number of benzene rings is 2. The topological polar surface area (TPSA) is 97.1 Å². The molecule has 2 bridgehead atoms. The fraction of sp³-hybridized carbons (Fsp3) is 0.575. The number of rotatable bonds is 9. The highest BCUT2D eigenvalue weighted by molar-refractivity contribution is 6.33. The summed E-state index contributed by atoms with van der Waals surface area (Å²) in [6, 6.07) is 12.9. The fourth-order valence-electron chi connectivity index (χ4n) is 8.91. The summed E-state index contributed by atoms with van der Waals surface area (Å²) in [5.41, 5.74) is 5.52. The van der Waals surface area contributed by atoms with Crippen LogP contribution in [0.4, 0.5) is 10.5 Å². The molecule has 1 N–H and O–H groups in total. The summed E-state index contributed by atoms with van der Waals surface area (Å²) in [6.07, 6.45) is 12.1. The van der Waals surface area contributed by atoms with Crippen molar-refractivity contribution in [2.24, 2.45) is 11.3 Å². The van der Waals surface area contributed by atoms with E-state index in [0.29, 0.717) is 50.3 Å². The molecule has 3 aromatic rings. The lowest BCUT2D eigenvalue weighted by molar-refractivity contribution is -0.124. The monoisotopic (exact) mass is 702 g/mol. The van der Waals surface area contributed by atoms with Gasteiger partial charge in [0.05, 0.1) is 32.5 Å². The van der Waals surface area contributed by atoms with Gasteiger partial charge in [-0.25, -0.2) is 4.79 Å². The van der Waals surface area contributed by atoms with E-state index in [1.165, 1.54) is 16.0 Å². The van der Waals surface area contributed by atoms with Crippen LogP contribution >= 0.6 is 11.6 Å². The van der Waals surface area contributed by atoms with Crippen molar-refractivity contribution >= 4 is 29.3 Å². The van der Waals surface area contributed by atoms with Crippen LogP contribution in [0.25, 0.3) is 11.1 Å². The Balaban J connectivity index is 1.12. The molecule has 50 heavy (non-hydrogen) atoms. The molecule has 5 fully saturated rings. The van der Waals surface area contributed by atoms with Crippen LogP contribution in [0.3, 0.4) is 0 Å². The molecule has 1 saturated heterocycles. The van der Waals surface area contributed by atoms with Crippen LogP contribution in [0.2, 0.25) is 5.02 Å². The minimum Gasteiger partial charge on any atom is -0.496 e. The number of anilines is 1. The van der Waals surface area contributed by atoms with Gasteiger partial charge in [-0.2, -0.15) is 5.10 Å². The summed E-state index contributed by atoms with van der Waals surface area (Å²) in [5.74, 6) is 0.931. The molecule has 268 valence electrons. The zero-order chi connectivity index (χ0) is 35.2. The van der Waals surface area contributed by atoms with Crippen molar-refractivity contribution in [3.8, 4) is 16.9 Å². The average molecular weight is 703 g/mol. The Morgan fingerprint density at radius 2 is 1.72 bits per heavy atom. The van der Waals surface area contributed by atoms with Crippen LogP contribution in [-0.4, -0.2) is 70.7 Å². The molecule has 1 aromatic heterocycles. The number of methoxy groups -OCH3 is 1. The van der Waals surface area contributed by atoms with Gasteiger partial charge < -0.3 is 24.4 Å². The molecule has 0 unspecified atom stereocenters. The summed E-state index contributed by atoms with van der Waals surface area (Å²) >= 11 is 6.80. The van der Waals surface area contributed by atoms with Gasteiger partial charge in [0, 0.05) is 46.5 Å². The molecule has 8 rings (SSSR count). The number of ether oxygens (including phenoxy) is 2. The van der Waals surface area contributed by atoms with Crippen molar-refractivity contribution in [3.63, 3.8) is 0 Å². The highest BCUT2D eigenvalue weighted by Gasteiger charge is 2.51. The first-order chi connectivity index (χ1) is 24.0. The molecule has 1 aliphatic heterocycles. The lowest BCUT2D eigenvalue weighted by Gasteiger charge is -2.55. The van der Waals surface area contributed by atoms with Gasteiger partial charge in [-0.1, -0.05) is 23.7 Å². The predicted molar refractivity (Wildman–Crippen MR) is 195 cm³/mol. The molecule has 10 heteroatoms. The first-order valence-corrected chi connectivity index (χ1v) is 18.8. The van der Waals surface area contributed by atoms with Crippen molar-refractivity contribution in [2.75, 3.05) is 31.6 Å². The first-order valence-electron chi connectivity index (χ1n) is 18.4. The number of likely N-dealkylation sites (tertiary alicyclic amines) is 1. The third-order valence-corrected chi connectivity index (χ3v) is 12.6. The Bertz CT molecular complexity index is 1700. The van der Waals surface area contributed by atoms with E-state index in [1.807, 2.05) is 29.2 Å². The molecule has 2 heterocycles. The molecule has 4 aliphatic carbocycles. The number of β-amino-alcohol motifs (C(OH)–C–C–N with tert-alkyl or cyclic N) is 1. The second-order valence-corrected chi connectivity index (χ2v) is 16.2. The minimum absolute atomic E-state index is 0.0514. The van der Waals surface area contributed by atoms with Gasteiger partial charge in [0.15, 0.2) is 0 Å². The summed E-state index contributed by atoms with van der Waals surface area (Å²) < 4.78 is 13.2. The van der Waals surface area contributed by atoms with Gasteiger partial charge in [-0.3, -0.25) is 9.48 Å². The van der Waals surface area contributed by atoms with Crippen LogP contribution in [-0.2, 0) is 14.9 Å². The van der Waals surface area contributed by atoms with Crippen LogP contribution in [0.15, 0.2) is 48.8 Å². The third-order valence-electron chi connectivity index (χ3n) is 12.3. The Kier molecular flexibility index (Phi) is 9.67. The number of carbonyl (C=O) groups excluding carboxylic acids is 2. The van der Waals surface area contributed by atoms with E-state index in [2.05, 4.69) is 55.0 Å². The maximum atomic E-state index is 14.7. The largest absolute Gasteiger partial charge is 0.496 e. The Hall–Kier alpha value is -3.56. The smallest absolute Gasteiger partial charge is 0.410 e. The molecule has 2 amide bonds. The van der Waals surface area contributed by atoms with Gasteiger partial charge >= 0.3 is 6.09 Å². The number of aliphatic hydroxyl groups excluding tert-OH is 1. The van der Waals surface area contributed by atoms with Crippen LogP contribution in [0.5, 0.6) is 5.75 Å². The van der Waals surface area contributed by atoms with Crippen molar-refractivity contribution in [3.05, 3.63) is 64.9 Å². The lowest BCUT2D eigenvalue weighted by Crippen LogP contribution is -2.54. The Morgan fingerprint density at radius 3 is 2.32 bits per heavy atom. The van der Waals surface area contributed by atoms with E-state index in [1.54, 1.807) is 7.11 Å². The molecule has 9 nitrogen and oxygen atoms in total. The highest BCUT2D eigenvalue weighted by atomic mass is 35.5. The standard InChI is InChI=1S/C40H51ClN4O5/c1-26(2)45-22-29(21-42-45)34-20-31(8-11-35(34)41)44(37(47)28-5-9-33(10-6-28)50-38(48)43-23-32(46)24-43)25-39-13-16-40(17-14-39,18-15-39)30-7-12-36(49-4)27(3)19-30/h7-8,11-12,19-22,26,28,32-33,46H,5-6,9-10,13-18,23-25H2,1-4H3. The van der Waals surface area contributed by atoms with Crippen LogP contribution < -0.4 is 9.64 Å². The maximum absolute atomic E-state index is 14.7. The van der Waals surface area contributed by atoms with Gasteiger partial charge in [0.1, 0.15) is 11.9 Å². The normalized spacial score (nSPS) is 26.5. The zero-order valence-corrected chi connectivity index (χ0v) is 30.6. The first kappa shape index (κ1) is 34.9. The number of aromatic nitrogens is 2. The van der Waals surface area contributed by atoms with Crippen molar-refractivity contribution in [1.29, 1.82) is 0 Å². The molecule has 0 spiro atoms. The maximum Gasteiger partial charge on any atom is 0.410 e. The number of halogens is 1. The van der Waals surface area contributed by atoms with E-state index in [9.17, 15) is 14.7 Å². The predicted octanol–water partition coefficient (Wildman–Crippen LogP) is 8.10. The second kappa shape index (κ2) is 13.9. The van der Waals surface area contributed by atoms with Gasteiger partial charge in [0.2, 0.25) is 5.91 Å². The number of nitrogens with zero attached hydrogens (tertiary/aromatic N) is 4. The molecule has 0 radical (unpaired) electrons. The van der Waals surface area contributed by atoms with Gasteiger partial charge in [0.25, 0.3) is 0 Å². The number of amides is 2. The zero-order valence-electron chi connectivity index (χ0n) is 29.9. The third kappa shape index (κ3) is 6.75. The summed E-state index contributed by atoms with van der Waals surface area (Å²) in [7, 11) is 1.73. The second-order valence-electron chi connectivity index (χ2n) is 15.8. The average Bonchev–Trinajstić information content (AvgIpc) is 3.61. The molecular formula is C40H51ClN4O5. The molecule has 2 aromatic carbocycles. The minimum atomic E-state index is -0.461. The van der Waals surface area contributed by atoms with E-state index < -0.39 is 6.10 Å². The lowest BCUT2D eigenvalue weighted by atomic mass is 9.51. The van der Waals surface area contributed by atoms with Crippen LogP contribution in [0, 0.1) is 18.3 Å². The van der Waals surface area contributed by atoms with E-state index in [-0.39, 0.29) is 40.9 Å². The molecule has 4 saturated carbocycles. The number of carbonyl (C=O) groups is 2. The summed E-state index contributed by atoms with van der Waals surface area (Å²) in [6.45, 7) is 7.65. The number of aryl methyl sites for hydroxylation is 1. The van der Waals surface area contributed by atoms with Crippen LogP contribution in [0.1, 0.15) is 95.2 Å².